The maximum absolute atomic E-state index is 11.5. The van der Waals surface area contributed by atoms with E-state index in [0.717, 1.165) is 27.4 Å². The van der Waals surface area contributed by atoms with E-state index in [-0.39, 0.29) is 0 Å². The summed E-state index contributed by atoms with van der Waals surface area (Å²) in [4.78, 5) is 4.84. The second-order valence-electron chi connectivity index (χ2n) is 5.30. The fourth-order valence-corrected chi connectivity index (χ4v) is 2.55. The fourth-order valence-electron chi connectivity index (χ4n) is 2.08. The van der Waals surface area contributed by atoms with Gasteiger partial charge < -0.3 is 9.80 Å². The summed E-state index contributed by atoms with van der Waals surface area (Å²) < 4.78 is 11.5. The van der Waals surface area contributed by atoms with Crippen LogP contribution in [-0.4, -0.2) is 37.3 Å². The van der Waals surface area contributed by atoms with E-state index >= 15 is 0 Å². The molecule has 3 nitrogen and oxygen atoms in total. The van der Waals surface area contributed by atoms with Gasteiger partial charge in [0.2, 0.25) is 0 Å². The van der Waals surface area contributed by atoms with E-state index < -0.39 is 0 Å². The van der Waals surface area contributed by atoms with Gasteiger partial charge in [-0.25, -0.2) is 4.21 Å². The topological polar surface area (TPSA) is 23.6 Å². The molecule has 0 aliphatic carbocycles. The third kappa shape index (κ3) is 3.52. The van der Waals surface area contributed by atoms with Crippen molar-refractivity contribution in [2.45, 2.75) is 0 Å². The van der Waals surface area contributed by atoms with Crippen molar-refractivity contribution in [2.75, 3.05) is 38.0 Å². The molecule has 0 aliphatic heterocycles. The largest absolute Gasteiger partial charge is 0.378 e. The molecule has 0 fully saturated rings. The fraction of sp³-hybridized carbons (Fsp3) is 0.235. The van der Waals surface area contributed by atoms with Crippen molar-refractivity contribution in [3.8, 4) is 0 Å². The zero-order chi connectivity index (χ0) is 15.4. The predicted octanol–water partition coefficient (Wildman–Crippen LogP) is 2.60. The standard InChI is InChI=1S/C17H20N2OS/c1-18(2)15-9-5-13(6-10-15)17(21-20)14-7-11-16(12-8-14)19(3)4/h5-12H,1-4H3. The van der Waals surface area contributed by atoms with Crippen LogP contribution in [0.2, 0.25) is 0 Å². The van der Waals surface area contributed by atoms with E-state index in [1.807, 2.05) is 86.5 Å². The summed E-state index contributed by atoms with van der Waals surface area (Å²) in [6.45, 7) is 0. The normalized spacial score (nSPS) is 10.1. The molecule has 2 aromatic carbocycles. The van der Waals surface area contributed by atoms with Gasteiger partial charge in [-0.1, -0.05) is 24.3 Å². The van der Waals surface area contributed by atoms with Gasteiger partial charge in [0.1, 0.15) is 0 Å². The Balaban J connectivity index is 2.33. The van der Waals surface area contributed by atoms with Gasteiger partial charge in [0.05, 0.1) is 16.1 Å². The van der Waals surface area contributed by atoms with Gasteiger partial charge >= 0.3 is 0 Å². The molecule has 0 saturated heterocycles. The number of hydrogen-bond donors (Lipinski definition) is 0. The Morgan fingerprint density at radius 2 is 1.05 bits per heavy atom. The molecule has 0 N–H and O–H groups in total. The van der Waals surface area contributed by atoms with E-state index in [1.165, 1.54) is 0 Å². The van der Waals surface area contributed by atoms with Gasteiger partial charge in [0.25, 0.3) is 0 Å². The molecular formula is C17H20N2OS. The van der Waals surface area contributed by atoms with Crippen molar-refractivity contribution < 1.29 is 4.21 Å². The van der Waals surface area contributed by atoms with Crippen LogP contribution in [0.5, 0.6) is 0 Å². The van der Waals surface area contributed by atoms with Gasteiger partial charge in [-0.05, 0) is 35.4 Å². The summed E-state index contributed by atoms with van der Waals surface area (Å²) >= 11 is 0.544. The Morgan fingerprint density at radius 1 is 0.714 bits per heavy atom. The smallest absolute Gasteiger partial charge is 0.0978 e. The van der Waals surface area contributed by atoms with Crippen LogP contribution in [0.25, 0.3) is 0 Å². The average molecular weight is 300 g/mol. The Hall–Kier alpha value is -2.07. The minimum atomic E-state index is 0.544. The second-order valence-corrected chi connectivity index (χ2v) is 5.87. The lowest BCUT2D eigenvalue weighted by Gasteiger charge is -2.14. The molecule has 21 heavy (non-hydrogen) atoms. The minimum absolute atomic E-state index is 0.544. The van der Waals surface area contributed by atoms with Gasteiger partial charge in [-0.15, -0.1) is 0 Å². The molecule has 0 bridgehead atoms. The summed E-state index contributed by atoms with van der Waals surface area (Å²) in [7, 11) is 8.01. The molecule has 4 heteroatoms. The molecular weight excluding hydrogens is 280 g/mol. The zero-order valence-corrected chi connectivity index (χ0v) is 13.6. The van der Waals surface area contributed by atoms with Crippen molar-refractivity contribution in [3.63, 3.8) is 0 Å². The molecule has 0 radical (unpaired) electrons. The molecule has 0 saturated carbocycles. The van der Waals surface area contributed by atoms with E-state index in [9.17, 15) is 4.21 Å². The van der Waals surface area contributed by atoms with Crippen LogP contribution in [0.4, 0.5) is 11.4 Å². The molecule has 0 atom stereocenters. The molecule has 0 aromatic heterocycles. The molecule has 0 amide bonds. The second kappa shape index (κ2) is 6.59. The Bertz CT molecular complexity index is 601. The Morgan fingerprint density at radius 3 is 1.29 bits per heavy atom. The van der Waals surface area contributed by atoms with Crippen LogP contribution < -0.4 is 9.80 Å². The van der Waals surface area contributed by atoms with Crippen LogP contribution in [-0.2, 0) is 11.3 Å². The van der Waals surface area contributed by atoms with Crippen LogP contribution in [0.1, 0.15) is 11.1 Å². The zero-order valence-electron chi connectivity index (χ0n) is 12.8. The van der Waals surface area contributed by atoms with Crippen molar-refractivity contribution in [1.82, 2.24) is 0 Å². The van der Waals surface area contributed by atoms with Crippen molar-refractivity contribution in [2.24, 2.45) is 0 Å². The quantitative estimate of drug-likeness (QED) is 0.640. The van der Waals surface area contributed by atoms with Crippen molar-refractivity contribution >= 4 is 27.5 Å². The Kier molecular flexibility index (Phi) is 4.81. The molecule has 0 spiro atoms. The summed E-state index contributed by atoms with van der Waals surface area (Å²) in [5, 5.41) is 0. The van der Waals surface area contributed by atoms with Crippen molar-refractivity contribution in [1.29, 1.82) is 0 Å². The van der Waals surface area contributed by atoms with Crippen LogP contribution in [0.3, 0.4) is 0 Å². The van der Waals surface area contributed by atoms with Crippen LogP contribution >= 0.6 is 0 Å². The number of anilines is 2. The third-order valence-electron chi connectivity index (χ3n) is 3.38. The summed E-state index contributed by atoms with van der Waals surface area (Å²) in [6.07, 6.45) is 0. The van der Waals surface area contributed by atoms with Gasteiger partial charge in [-0.3, -0.25) is 0 Å². The van der Waals surface area contributed by atoms with E-state index in [1.54, 1.807) is 0 Å². The Labute approximate surface area is 129 Å². The molecule has 110 valence electrons. The maximum atomic E-state index is 11.5. The number of benzene rings is 2. The van der Waals surface area contributed by atoms with Crippen molar-refractivity contribution in [3.05, 3.63) is 59.7 Å². The molecule has 2 rings (SSSR count). The first kappa shape index (κ1) is 15.3. The monoisotopic (exact) mass is 300 g/mol. The SMILES string of the molecule is CN(C)c1ccc(C(=S=O)c2ccc(N(C)C)cc2)cc1. The lowest BCUT2D eigenvalue weighted by molar-refractivity contribution is 0.701. The lowest BCUT2D eigenvalue weighted by atomic mass is 10.0. The van der Waals surface area contributed by atoms with E-state index in [2.05, 4.69) is 0 Å². The van der Waals surface area contributed by atoms with Gasteiger partial charge in [0.15, 0.2) is 0 Å². The summed E-state index contributed by atoms with van der Waals surface area (Å²) in [5.41, 5.74) is 4.16. The molecule has 0 unspecified atom stereocenters. The highest BCUT2D eigenvalue weighted by Gasteiger charge is 2.07. The molecule has 0 heterocycles. The number of rotatable bonds is 4. The first-order valence-electron chi connectivity index (χ1n) is 6.75. The number of hydrogen-bond acceptors (Lipinski definition) is 3. The first-order valence-corrected chi connectivity index (χ1v) is 7.49. The third-order valence-corrected chi connectivity index (χ3v) is 4.01. The molecule has 0 aliphatic rings. The van der Waals surface area contributed by atoms with E-state index in [4.69, 9.17) is 0 Å². The highest BCUT2D eigenvalue weighted by molar-refractivity contribution is 7.67. The van der Waals surface area contributed by atoms with E-state index in [0.29, 0.717) is 11.3 Å². The summed E-state index contributed by atoms with van der Waals surface area (Å²) in [5.74, 6) is 0. The number of nitrogens with zero attached hydrogens (tertiary/aromatic N) is 2. The average Bonchev–Trinajstić information content (AvgIpc) is 2.49. The minimum Gasteiger partial charge on any atom is -0.378 e. The van der Waals surface area contributed by atoms with Gasteiger partial charge in [-0.2, -0.15) is 0 Å². The van der Waals surface area contributed by atoms with Crippen LogP contribution in [0, 0.1) is 0 Å². The first-order chi connectivity index (χ1) is 10.0. The highest BCUT2D eigenvalue weighted by Crippen LogP contribution is 2.18. The predicted molar refractivity (Wildman–Crippen MR) is 92.9 cm³/mol. The summed E-state index contributed by atoms with van der Waals surface area (Å²) in [6, 6.07) is 16.1. The van der Waals surface area contributed by atoms with Gasteiger partial charge in [0, 0.05) is 39.6 Å². The lowest BCUT2D eigenvalue weighted by Crippen LogP contribution is -2.10. The highest BCUT2D eigenvalue weighted by atomic mass is 32.1. The van der Waals surface area contributed by atoms with Crippen LogP contribution in [0.15, 0.2) is 48.5 Å². The maximum Gasteiger partial charge on any atom is 0.0978 e. The molecule has 2 aromatic rings.